The highest BCUT2D eigenvalue weighted by Gasteiger charge is 2.19. The van der Waals surface area contributed by atoms with Crippen LogP contribution in [-0.4, -0.2) is 54.0 Å². The van der Waals surface area contributed by atoms with E-state index in [-0.39, 0.29) is 11.7 Å². The SMILES string of the molecule is Cc1ccc2oc(C(=O)Nc3ccc(N4CCN(C)CC4)c4ccncc34)cc2n1. The molecule has 1 aliphatic rings. The minimum absolute atomic E-state index is 0.239. The second-order valence-electron chi connectivity index (χ2n) is 7.74. The van der Waals surface area contributed by atoms with Crippen molar-refractivity contribution in [3.63, 3.8) is 0 Å². The Bertz CT molecular complexity index is 1240. The summed E-state index contributed by atoms with van der Waals surface area (Å²) in [5.41, 5.74) is 4.04. The number of aryl methyl sites for hydroxylation is 1. The molecule has 1 saturated heterocycles. The molecule has 0 bridgehead atoms. The number of nitrogens with zero attached hydrogens (tertiary/aromatic N) is 4. The lowest BCUT2D eigenvalue weighted by molar-refractivity contribution is 0.0999. The Balaban J connectivity index is 1.47. The van der Waals surface area contributed by atoms with Crippen LogP contribution in [0, 0.1) is 6.92 Å². The maximum atomic E-state index is 12.9. The molecule has 0 aliphatic carbocycles. The van der Waals surface area contributed by atoms with Gasteiger partial charge in [0.15, 0.2) is 11.3 Å². The van der Waals surface area contributed by atoms with Gasteiger partial charge in [0, 0.05) is 66.8 Å². The second kappa shape index (κ2) is 7.42. The number of likely N-dealkylation sites (N-methyl/N-ethyl adjacent to an activating group) is 1. The molecule has 7 heteroatoms. The van der Waals surface area contributed by atoms with Crippen molar-refractivity contribution in [2.45, 2.75) is 6.92 Å². The van der Waals surface area contributed by atoms with Crippen LogP contribution in [-0.2, 0) is 0 Å². The van der Waals surface area contributed by atoms with Gasteiger partial charge >= 0.3 is 0 Å². The Morgan fingerprint density at radius 3 is 2.73 bits per heavy atom. The number of carbonyl (C=O) groups is 1. The maximum Gasteiger partial charge on any atom is 0.291 e. The Labute approximate surface area is 174 Å². The third-order valence-electron chi connectivity index (χ3n) is 5.62. The van der Waals surface area contributed by atoms with Gasteiger partial charge < -0.3 is 19.5 Å². The van der Waals surface area contributed by atoms with Crippen molar-refractivity contribution in [1.82, 2.24) is 14.9 Å². The van der Waals surface area contributed by atoms with E-state index in [1.807, 2.05) is 31.2 Å². The quantitative estimate of drug-likeness (QED) is 0.564. The first-order chi connectivity index (χ1) is 14.6. The number of rotatable bonds is 3. The molecule has 0 radical (unpaired) electrons. The molecule has 1 amide bonds. The minimum atomic E-state index is -0.303. The van der Waals surface area contributed by atoms with Crippen LogP contribution in [0.15, 0.2) is 53.2 Å². The smallest absolute Gasteiger partial charge is 0.291 e. The van der Waals surface area contributed by atoms with Crippen molar-refractivity contribution in [2.24, 2.45) is 0 Å². The Morgan fingerprint density at radius 2 is 1.90 bits per heavy atom. The Morgan fingerprint density at radius 1 is 1.07 bits per heavy atom. The highest BCUT2D eigenvalue weighted by Crippen LogP contribution is 2.33. The van der Waals surface area contributed by atoms with Crippen molar-refractivity contribution < 1.29 is 9.21 Å². The van der Waals surface area contributed by atoms with Crippen LogP contribution in [0.25, 0.3) is 21.9 Å². The largest absolute Gasteiger partial charge is 0.449 e. The molecule has 4 aromatic rings. The molecule has 1 fully saturated rings. The lowest BCUT2D eigenvalue weighted by atomic mass is 10.1. The molecule has 7 nitrogen and oxygen atoms in total. The fourth-order valence-corrected chi connectivity index (χ4v) is 3.93. The molecule has 1 aromatic carbocycles. The normalized spacial score (nSPS) is 15.1. The first-order valence-electron chi connectivity index (χ1n) is 10.1. The lowest BCUT2D eigenvalue weighted by Gasteiger charge is -2.34. The molecule has 5 rings (SSSR count). The average molecular weight is 401 g/mol. The van der Waals surface area contributed by atoms with Gasteiger partial charge in [0.1, 0.15) is 5.52 Å². The van der Waals surface area contributed by atoms with Crippen LogP contribution < -0.4 is 10.2 Å². The van der Waals surface area contributed by atoms with Crippen molar-refractivity contribution in [2.75, 3.05) is 43.4 Å². The zero-order chi connectivity index (χ0) is 20.7. The fraction of sp³-hybridized carbons (Fsp3) is 0.261. The van der Waals surface area contributed by atoms with Crippen molar-refractivity contribution in [3.8, 4) is 0 Å². The lowest BCUT2D eigenvalue weighted by Crippen LogP contribution is -2.44. The molecule has 152 valence electrons. The number of carbonyl (C=O) groups excluding carboxylic acids is 1. The molecule has 0 spiro atoms. The van der Waals surface area contributed by atoms with Gasteiger partial charge in [0.2, 0.25) is 0 Å². The molecule has 0 unspecified atom stereocenters. The number of piperazine rings is 1. The number of pyridine rings is 2. The zero-order valence-corrected chi connectivity index (χ0v) is 17.1. The summed E-state index contributed by atoms with van der Waals surface area (Å²) in [6.45, 7) is 5.93. The first-order valence-corrected chi connectivity index (χ1v) is 10.1. The number of aromatic nitrogens is 2. The van der Waals surface area contributed by atoms with Gasteiger partial charge in [-0.1, -0.05) is 0 Å². The average Bonchev–Trinajstić information content (AvgIpc) is 3.18. The van der Waals surface area contributed by atoms with E-state index in [1.165, 1.54) is 5.69 Å². The van der Waals surface area contributed by atoms with Crippen LogP contribution in [0.5, 0.6) is 0 Å². The van der Waals surface area contributed by atoms with Crippen LogP contribution in [0.2, 0.25) is 0 Å². The summed E-state index contributed by atoms with van der Waals surface area (Å²) in [4.78, 5) is 26.3. The summed E-state index contributed by atoms with van der Waals surface area (Å²) in [5, 5.41) is 4.97. The molecular formula is C23H23N5O2. The van der Waals surface area contributed by atoms with Crippen LogP contribution in [0.4, 0.5) is 11.4 Å². The van der Waals surface area contributed by atoms with Crippen molar-refractivity contribution >= 4 is 39.2 Å². The van der Waals surface area contributed by atoms with Gasteiger partial charge in [-0.05, 0) is 44.3 Å². The number of amides is 1. The molecule has 1 aliphatic heterocycles. The van der Waals surface area contributed by atoms with Gasteiger partial charge in [-0.15, -0.1) is 0 Å². The summed E-state index contributed by atoms with van der Waals surface area (Å²) < 4.78 is 5.70. The number of anilines is 2. The summed E-state index contributed by atoms with van der Waals surface area (Å²) >= 11 is 0. The van der Waals surface area contributed by atoms with Crippen LogP contribution in [0.3, 0.4) is 0 Å². The van der Waals surface area contributed by atoms with E-state index >= 15 is 0 Å². The van der Waals surface area contributed by atoms with Crippen LogP contribution >= 0.6 is 0 Å². The van der Waals surface area contributed by atoms with E-state index in [4.69, 9.17) is 4.42 Å². The molecule has 1 N–H and O–H groups in total. The number of furan rings is 1. The minimum Gasteiger partial charge on any atom is -0.449 e. The molecule has 0 saturated carbocycles. The Kier molecular flexibility index (Phi) is 4.59. The maximum absolute atomic E-state index is 12.9. The molecule has 0 atom stereocenters. The van der Waals surface area contributed by atoms with E-state index in [9.17, 15) is 4.79 Å². The summed E-state index contributed by atoms with van der Waals surface area (Å²) in [6, 6.07) is 11.4. The standard InChI is InChI=1S/C23H23N5O2/c1-15-3-6-21-19(25-15)13-22(30-21)23(29)26-18-4-5-20(16-7-8-24-14-17(16)18)28-11-9-27(2)10-12-28/h3-8,13-14H,9-12H2,1-2H3,(H,26,29). The van der Waals surface area contributed by atoms with E-state index < -0.39 is 0 Å². The van der Waals surface area contributed by atoms with Gasteiger partial charge in [0.05, 0.1) is 5.69 Å². The summed E-state index contributed by atoms with van der Waals surface area (Å²) in [5.74, 6) is -0.0635. The monoisotopic (exact) mass is 401 g/mol. The summed E-state index contributed by atoms with van der Waals surface area (Å²) in [6.07, 6.45) is 3.59. The molecule has 4 heterocycles. The van der Waals surface area contributed by atoms with Gasteiger partial charge in [-0.3, -0.25) is 9.78 Å². The van der Waals surface area contributed by atoms with E-state index in [2.05, 4.69) is 38.2 Å². The van der Waals surface area contributed by atoms with E-state index in [1.54, 1.807) is 18.5 Å². The van der Waals surface area contributed by atoms with Gasteiger partial charge in [-0.2, -0.15) is 0 Å². The third-order valence-corrected chi connectivity index (χ3v) is 5.62. The molecule has 30 heavy (non-hydrogen) atoms. The number of nitrogens with one attached hydrogen (secondary N) is 1. The first kappa shape index (κ1) is 18.6. The fourth-order valence-electron chi connectivity index (χ4n) is 3.93. The number of fused-ring (bicyclic) bond motifs is 2. The zero-order valence-electron chi connectivity index (χ0n) is 17.1. The highest BCUT2D eigenvalue weighted by atomic mass is 16.3. The molecule has 3 aromatic heterocycles. The molecular weight excluding hydrogens is 378 g/mol. The van der Waals surface area contributed by atoms with Crippen molar-refractivity contribution in [3.05, 3.63) is 60.2 Å². The van der Waals surface area contributed by atoms with E-state index in [0.717, 1.165) is 42.6 Å². The van der Waals surface area contributed by atoms with E-state index in [0.29, 0.717) is 16.8 Å². The highest BCUT2D eigenvalue weighted by molar-refractivity contribution is 6.11. The number of hydrogen-bond acceptors (Lipinski definition) is 6. The third kappa shape index (κ3) is 3.37. The van der Waals surface area contributed by atoms with Gasteiger partial charge in [0.25, 0.3) is 5.91 Å². The van der Waals surface area contributed by atoms with Crippen molar-refractivity contribution in [1.29, 1.82) is 0 Å². The second-order valence-corrected chi connectivity index (χ2v) is 7.74. The number of benzene rings is 1. The number of hydrogen-bond donors (Lipinski definition) is 1. The summed E-state index contributed by atoms with van der Waals surface area (Å²) in [7, 11) is 2.15. The van der Waals surface area contributed by atoms with Crippen LogP contribution in [0.1, 0.15) is 16.2 Å². The predicted octanol–water partition coefficient (Wildman–Crippen LogP) is 3.69. The predicted molar refractivity (Wildman–Crippen MR) is 118 cm³/mol. The topological polar surface area (TPSA) is 74.5 Å². The van der Waals surface area contributed by atoms with Gasteiger partial charge in [-0.25, -0.2) is 4.98 Å². The Hall–Kier alpha value is -3.45.